The SMILES string of the molecule is Cc1cccc(NC(=O)CSC2=NNC3NC(=O)C=C(c4ccccc4)N23)c1. The minimum atomic E-state index is -0.463. The Kier molecular flexibility index (Phi) is 5.03. The van der Waals surface area contributed by atoms with Gasteiger partial charge in [0, 0.05) is 11.8 Å². The number of thioether (sulfide) groups is 1. The zero-order valence-electron chi connectivity index (χ0n) is 15.2. The topological polar surface area (TPSA) is 85.8 Å². The van der Waals surface area contributed by atoms with Gasteiger partial charge in [0.05, 0.1) is 11.4 Å². The monoisotopic (exact) mass is 393 g/mol. The predicted octanol–water partition coefficient (Wildman–Crippen LogP) is 2.30. The van der Waals surface area contributed by atoms with Crippen molar-refractivity contribution in [3.63, 3.8) is 0 Å². The molecular weight excluding hydrogens is 374 g/mol. The quantitative estimate of drug-likeness (QED) is 0.742. The summed E-state index contributed by atoms with van der Waals surface area (Å²) in [6.45, 7) is 1.98. The van der Waals surface area contributed by atoms with E-state index in [-0.39, 0.29) is 17.6 Å². The fraction of sp³-hybridized carbons (Fsp3) is 0.150. The van der Waals surface area contributed by atoms with E-state index in [1.54, 1.807) is 6.08 Å². The molecule has 0 aromatic heterocycles. The standard InChI is InChI=1S/C20H19N5O2S/c1-13-6-5-9-15(10-13)21-18(27)12-28-20-24-23-19-22-17(26)11-16(25(19)20)14-7-3-2-4-8-14/h2-11,19,23H,12H2,1H3,(H,21,27)(H,22,26). The maximum atomic E-state index is 12.3. The third-order valence-electron chi connectivity index (χ3n) is 4.26. The number of carbonyl (C=O) groups excluding carboxylic acids is 2. The Balaban J connectivity index is 1.46. The van der Waals surface area contributed by atoms with Crippen LogP contribution in [0, 0.1) is 6.92 Å². The number of amides is 2. The van der Waals surface area contributed by atoms with Gasteiger partial charge in [-0.15, -0.1) is 0 Å². The van der Waals surface area contributed by atoms with Gasteiger partial charge >= 0.3 is 0 Å². The van der Waals surface area contributed by atoms with Crippen molar-refractivity contribution in [3.8, 4) is 0 Å². The molecule has 3 N–H and O–H groups in total. The molecule has 1 atom stereocenters. The molecule has 7 nitrogen and oxygen atoms in total. The molecular formula is C20H19N5O2S. The van der Waals surface area contributed by atoms with Crippen molar-refractivity contribution in [2.45, 2.75) is 13.2 Å². The van der Waals surface area contributed by atoms with E-state index >= 15 is 0 Å². The first-order valence-corrected chi connectivity index (χ1v) is 9.78. The number of benzene rings is 2. The van der Waals surface area contributed by atoms with E-state index in [0.717, 1.165) is 22.5 Å². The number of hydrazone groups is 1. The predicted molar refractivity (Wildman–Crippen MR) is 111 cm³/mol. The third-order valence-corrected chi connectivity index (χ3v) is 5.21. The first-order valence-electron chi connectivity index (χ1n) is 8.79. The summed E-state index contributed by atoms with van der Waals surface area (Å²) in [5.74, 6) is -0.104. The number of amidine groups is 1. The largest absolute Gasteiger partial charge is 0.325 e. The summed E-state index contributed by atoms with van der Waals surface area (Å²) in [7, 11) is 0. The average Bonchev–Trinajstić information content (AvgIpc) is 3.09. The number of anilines is 1. The number of hydrogen-bond donors (Lipinski definition) is 3. The second-order valence-electron chi connectivity index (χ2n) is 6.41. The van der Waals surface area contributed by atoms with Gasteiger partial charge in [0.1, 0.15) is 0 Å². The summed E-state index contributed by atoms with van der Waals surface area (Å²) >= 11 is 1.31. The van der Waals surface area contributed by atoms with Gasteiger partial charge < -0.3 is 10.6 Å². The van der Waals surface area contributed by atoms with Crippen LogP contribution >= 0.6 is 11.8 Å². The van der Waals surface area contributed by atoms with Crippen LogP contribution in [0.2, 0.25) is 0 Å². The molecule has 0 saturated carbocycles. The molecule has 0 radical (unpaired) electrons. The van der Waals surface area contributed by atoms with Crippen LogP contribution in [0.25, 0.3) is 5.70 Å². The van der Waals surface area contributed by atoms with Crippen LogP contribution in [0.1, 0.15) is 11.1 Å². The molecule has 8 heteroatoms. The van der Waals surface area contributed by atoms with Gasteiger partial charge in [0.2, 0.25) is 11.8 Å². The Bertz CT molecular complexity index is 974. The van der Waals surface area contributed by atoms with E-state index in [0.29, 0.717) is 5.17 Å². The minimum absolute atomic E-state index is 0.118. The molecule has 4 rings (SSSR count). The van der Waals surface area contributed by atoms with E-state index in [1.165, 1.54) is 11.8 Å². The van der Waals surface area contributed by atoms with E-state index in [1.807, 2.05) is 66.4 Å². The molecule has 2 aromatic rings. The summed E-state index contributed by atoms with van der Waals surface area (Å²) in [5.41, 5.74) is 6.41. The fourth-order valence-corrected chi connectivity index (χ4v) is 3.82. The normalized spacial score (nSPS) is 17.8. The lowest BCUT2D eigenvalue weighted by atomic mass is 10.1. The summed E-state index contributed by atoms with van der Waals surface area (Å²) in [6, 6.07) is 17.3. The highest BCUT2D eigenvalue weighted by Gasteiger charge is 2.36. The third kappa shape index (κ3) is 3.86. The van der Waals surface area contributed by atoms with Crippen molar-refractivity contribution in [1.29, 1.82) is 0 Å². The molecule has 0 bridgehead atoms. The smallest absolute Gasteiger partial charge is 0.249 e. The maximum Gasteiger partial charge on any atom is 0.249 e. The van der Waals surface area contributed by atoms with Gasteiger partial charge in [0.15, 0.2) is 11.5 Å². The number of nitrogens with zero attached hydrogens (tertiary/aromatic N) is 2. The van der Waals surface area contributed by atoms with E-state index in [9.17, 15) is 9.59 Å². The summed E-state index contributed by atoms with van der Waals surface area (Å²) in [4.78, 5) is 26.2. The zero-order valence-corrected chi connectivity index (χ0v) is 16.0. The average molecular weight is 393 g/mol. The first kappa shape index (κ1) is 18.1. The van der Waals surface area contributed by atoms with Crippen molar-refractivity contribution < 1.29 is 9.59 Å². The molecule has 2 aliphatic heterocycles. The lowest BCUT2D eigenvalue weighted by Crippen LogP contribution is -2.53. The Morgan fingerprint density at radius 2 is 2.04 bits per heavy atom. The molecule has 28 heavy (non-hydrogen) atoms. The van der Waals surface area contributed by atoms with Crippen molar-refractivity contribution in [3.05, 3.63) is 71.8 Å². The van der Waals surface area contributed by atoms with Gasteiger partial charge in [-0.3, -0.25) is 19.9 Å². The minimum Gasteiger partial charge on any atom is -0.325 e. The summed E-state index contributed by atoms with van der Waals surface area (Å²) < 4.78 is 0. The van der Waals surface area contributed by atoms with Gasteiger partial charge in [-0.05, 0) is 30.2 Å². The Morgan fingerprint density at radius 1 is 1.21 bits per heavy atom. The zero-order chi connectivity index (χ0) is 19.5. The number of rotatable bonds is 4. The van der Waals surface area contributed by atoms with Gasteiger partial charge in [-0.2, -0.15) is 5.10 Å². The lowest BCUT2D eigenvalue weighted by molar-refractivity contribution is -0.118. The lowest BCUT2D eigenvalue weighted by Gasteiger charge is -2.32. The maximum absolute atomic E-state index is 12.3. The van der Waals surface area contributed by atoms with Crippen LogP contribution in [0.4, 0.5) is 5.69 Å². The second kappa shape index (κ2) is 7.77. The van der Waals surface area contributed by atoms with E-state index in [2.05, 4.69) is 21.2 Å². The van der Waals surface area contributed by atoms with Crippen LogP contribution in [0.15, 0.2) is 65.8 Å². The van der Waals surface area contributed by atoms with Crippen LogP contribution in [-0.4, -0.2) is 33.9 Å². The fourth-order valence-electron chi connectivity index (χ4n) is 3.03. The molecule has 2 amide bonds. The van der Waals surface area contributed by atoms with Crippen molar-refractivity contribution in [2.75, 3.05) is 11.1 Å². The van der Waals surface area contributed by atoms with Crippen LogP contribution < -0.4 is 16.1 Å². The van der Waals surface area contributed by atoms with E-state index < -0.39 is 6.29 Å². The van der Waals surface area contributed by atoms with Crippen molar-refractivity contribution in [1.82, 2.24) is 15.6 Å². The number of hydrogen-bond acceptors (Lipinski definition) is 6. The highest BCUT2D eigenvalue weighted by atomic mass is 32.2. The van der Waals surface area contributed by atoms with Crippen LogP contribution in [-0.2, 0) is 9.59 Å². The number of fused-ring (bicyclic) bond motifs is 1. The molecule has 2 aliphatic rings. The molecule has 142 valence electrons. The number of aryl methyl sites for hydroxylation is 1. The summed E-state index contributed by atoms with van der Waals surface area (Å²) in [6.07, 6.45) is 1.08. The van der Waals surface area contributed by atoms with Crippen LogP contribution in [0.5, 0.6) is 0 Å². The molecule has 1 unspecified atom stereocenters. The molecule has 2 heterocycles. The van der Waals surface area contributed by atoms with E-state index in [4.69, 9.17) is 0 Å². The van der Waals surface area contributed by atoms with Crippen molar-refractivity contribution >= 4 is 40.1 Å². The Morgan fingerprint density at radius 3 is 2.82 bits per heavy atom. The van der Waals surface area contributed by atoms with Gasteiger partial charge in [-0.25, -0.2) is 0 Å². The second-order valence-corrected chi connectivity index (χ2v) is 7.35. The highest BCUT2D eigenvalue weighted by Crippen LogP contribution is 2.29. The molecule has 0 aliphatic carbocycles. The Hall–Kier alpha value is -3.26. The summed E-state index contributed by atoms with van der Waals surface area (Å²) in [5, 5.41) is 10.6. The number of carbonyl (C=O) groups is 2. The molecule has 0 spiro atoms. The molecule has 0 saturated heterocycles. The van der Waals surface area contributed by atoms with Crippen molar-refractivity contribution in [2.24, 2.45) is 5.10 Å². The van der Waals surface area contributed by atoms with Gasteiger partial charge in [-0.1, -0.05) is 54.2 Å². The first-order chi connectivity index (χ1) is 13.6. The number of nitrogens with one attached hydrogen (secondary N) is 3. The molecule has 2 aromatic carbocycles. The van der Waals surface area contributed by atoms with Crippen LogP contribution in [0.3, 0.4) is 0 Å². The Labute approximate surface area is 166 Å². The molecule has 0 fully saturated rings. The highest BCUT2D eigenvalue weighted by molar-refractivity contribution is 8.14. The van der Waals surface area contributed by atoms with Gasteiger partial charge in [0.25, 0.3) is 0 Å².